The lowest BCUT2D eigenvalue weighted by Crippen LogP contribution is -2.31. The number of hydrogen-bond acceptors (Lipinski definition) is 5. The van der Waals surface area contributed by atoms with Crippen molar-refractivity contribution in [2.45, 2.75) is 18.7 Å². The Bertz CT molecular complexity index is 937. The van der Waals surface area contributed by atoms with E-state index in [0.29, 0.717) is 5.00 Å². The molecule has 0 fully saturated rings. The summed E-state index contributed by atoms with van der Waals surface area (Å²) in [7, 11) is -3.82. The molecule has 0 bridgehead atoms. The van der Waals surface area contributed by atoms with Crippen LogP contribution < -0.4 is 11.1 Å². The molecular weight excluding hydrogens is 398 g/mol. The molecule has 26 heavy (non-hydrogen) atoms. The number of nitrogens with two attached hydrogens (primary N) is 1. The monoisotopic (exact) mass is 415 g/mol. The number of primary amides is 1. The maximum atomic E-state index is 12.7. The zero-order chi connectivity index (χ0) is 19.5. The Morgan fingerprint density at radius 3 is 2.46 bits per heavy atom. The van der Waals surface area contributed by atoms with Crippen LogP contribution in [0.2, 0.25) is 5.02 Å². The van der Waals surface area contributed by atoms with Gasteiger partial charge >= 0.3 is 0 Å². The van der Waals surface area contributed by atoms with E-state index >= 15 is 0 Å². The SMILES string of the molecule is CCN(CC)S(=O)(=O)c1cc(C(=O)Nc2sccc2C(N)=O)ccc1Cl. The molecule has 10 heteroatoms. The van der Waals surface area contributed by atoms with Gasteiger partial charge in [-0.2, -0.15) is 4.31 Å². The third-order valence-corrected chi connectivity index (χ3v) is 7.04. The zero-order valence-corrected chi connectivity index (χ0v) is 16.5. The smallest absolute Gasteiger partial charge is 0.256 e. The Labute approximate surface area is 160 Å². The fraction of sp³-hybridized carbons (Fsp3) is 0.250. The van der Waals surface area contributed by atoms with Crippen LogP contribution in [-0.2, 0) is 10.0 Å². The van der Waals surface area contributed by atoms with Crippen molar-refractivity contribution in [1.82, 2.24) is 4.31 Å². The van der Waals surface area contributed by atoms with Crippen LogP contribution in [0.4, 0.5) is 5.00 Å². The van der Waals surface area contributed by atoms with E-state index in [2.05, 4.69) is 5.32 Å². The van der Waals surface area contributed by atoms with Crippen molar-refractivity contribution in [3.05, 3.63) is 45.8 Å². The molecule has 2 rings (SSSR count). The summed E-state index contributed by atoms with van der Waals surface area (Å²) >= 11 is 7.20. The molecule has 0 aliphatic heterocycles. The van der Waals surface area contributed by atoms with Gasteiger partial charge in [0.15, 0.2) is 0 Å². The average molecular weight is 416 g/mol. The number of carbonyl (C=O) groups excluding carboxylic acids is 2. The normalized spacial score (nSPS) is 11.5. The van der Waals surface area contributed by atoms with Crippen LogP contribution in [0, 0.1) is 0 Å². The van der Waals surface area contributed by atoms with Gasteiger partial charge in [-0.15, -0.1) is 11.3 Å². The Balaban J connectivity index is 2.39. The first-order valence-electron chi connectivity index (χ1n) is 7.70. The molecule has 140 valence electrons. The third-order valence-electron chi connectivity index (χ3n) is 3.67. The number of nitrogens with one attached hydrogen (secondary N) is 1. The van der Waals surface area contributed by atoms with Crippen LogP contribution in [0.1, 0.15) is 34.6 Å². The highest BCUT2D eigenvalue weighted by Gasteiger charge is 2.26. The number of anilines is 1. The van der Waals surface area contributed by atoms with Crippen LogP contribution in [-0.4, -0.2) is 37.6 Å². The van der Waals surface area contributed by atoms with E-state index in [1.54, 1.807) is 19.2 Å². The van der Waals surface area contributed by atoms with Gasteiger partial charge in [0.05, 0.1) is 10.6 Å². The molecule has 0 aliphatic carbocycles. The van der Waals surface area contributed by atoms with Crippen molar-refractivity contribution in [3.8, 4) is 0 Å². The Hall–Kier alpha value is -1.94. The largest absolute Gasteiger partial charge is 0.366 e. The van der Waals surface area contributed by atoms with Gasteiger partial charge < -0.3 is 11.1 Å². The summed E-state index contributed by atoms with van der Waals surface area (Å²) in [5.74, 6) is -1.23. The first-order chi connectivity index (χ1) is 12.2. The van der Waals surface area contributed by atoms with Crippen molar-refractivity contribution < 1.29 is 18.0 Å². The number of amides is 2. The minimum atomic E-state index is -3.82. The Morgan fingerprint density at radius 1 is 1.23 bits per heavy atom. The molecule has 2 aromatic rings. The second-order valence-corrected chi connectivity index (χ2v) is 8.45. The van der Waals surface area contributed by atoms with E-state index in [4.69, 9.17) is 17.3 Å². The van der Waals surface area contributed by atoms with Crippen LogP contribution in [0.25, 0.3) is 0 Å². The van der Waals surface area contributed by atoms with Crippen molar-refractivity contribution in [2.24, 2.45) is 5.73 Å². The molecule has 0 saturated carbocycles. The quantitative estimate of drug-likeness (QED) is 0.724. The summed E-state index contributed by atoms with van der Waals surface area (Å²) in [5, 5.41) is 4.52. The zero-order valence-electron chi connectivity index (χ0n) is 14.2. The summed E-state index contributed by atoms with van der Waals surface area (Å²) in [6.07, 6.45) is 0. The number of sulfonamides is 1. The number of carbonyl (C=O) groups is 2. The number of rotatable bonds is 7. The van der Waals surface area contributed by atoms with Gasteiger partial charge in [0, 0.05) is 18.7 Å². The van der Waals surface area contributed by atoms with E-state index < -0.39 is 21.8 Å². The van der Waals surface area contributed by atoms with E-state index in [-0.39, 0.29) is 34.1 Å². The topological polar surface area (TPSA) is 110 Å². The van der Waals surface area contributed by atoms with Gasteiger partial charge in [-0.3, -0.25) is 9.59 Å². The van der Waals surface area contributed by atoms with Crippen molar-refractivity contribution >= 4 is 49.8 Å². The summed E-state index contributed by atoms with van der Waals surface area (Å²) in [6.45, 7) is 3.99. The van der Waals surface area contributed by atoms with E-state index in [0.717, 1.165) is 11.3 Å². The second kappa shape index (κ2) is 8.17. The molecule has 0 atom stereocenters. The van der Waals surface area contributed by atoms with E-state index in [1.165, 1.54) is 28.6 Å². The molecule has 0 radical (unpaired) electrons. The van der Waals surface area contributed by atoms with Gasteiger partial charge in [-0.1, -0.05) is 25.4 Å². The first kappa shape index (κ1) is 20.4. The summed E-state index contributed by atoms with van der Waals surface area (Å²) < 4.78 is 26.7. The van der Waals surface area contributed by atoms with E-state index in [9.17, 15) is 18.0 Å². The lowest BCUT2D eigenvalue weighted by molar-refractivity contribution is 0.100. The molecule has 2 amide bonds. The van der Waals surface area contributed by atoms with Gasteiger partial charge in [-0.25, -0.2) is 8.42 Å². The number of thiophene rings is 1. The predicted molar refractivity (Wildman–Crippen MR) is 102 cm³/mol. The lowest BCUT2D eigenvalue weighted by atomic mass is 10.2. The summed E-state index contributed by atoms with van der Waals surface area (Å²) in [4.78, 5) is 23.7. The Morgan fingerprint density at radius 2 is 1.88 bits per heavy atom. The van der Waals surface area contributed by atoms with Crippen molar-refractivity contribution in [1.29, 1.82) is 0 Å². The molecule has 0 aliphatic rings. The van der Waals surface area contributed by atoms with Crippen LogP contribution >= 0.6 is 22.9 Å². The second-order valence-electron chi connectivity index (χ2n) is 5.22. The molecule has 7 nitrogen and oxygen atoms in total. The van der Waals surface area contributed by atoms with Gasteiger partial charge in [0.1, 0.15) is 9.90 Å². The first-order valence-corrected chi connectivity index (χ1v) is 10.4. The highest BCUT2D eigenvalue weighted by molar-refractivity contribution is 7.89. The number of halogens is 1. The molecule has 0 spiro atoms. The maximum Gasteiger partial charge on any atom is 0.256 e. The fourth-order valence-electron chi connectivity index (χ4n) is 2.32. The van der Waals surface area contributed by atoms with Crippen LogP contribution in [0.3, 0.4) is 0 Å². The summed E-state index contributed by atoms with van der Waals surface area (Å²) in [6, 6.07) is 5.50. The van der Waals surface area contributed by atoms with Crippen LogP contribution in [0.15, 0.2) is 34.5 Å². The third kappa shape index (κ3) is 4.07. The van der Waals surface area contributed by atoms with Crippen molar-refractivity contribution in [2.75, 3.05) is 18.4 Å². The molecule has 1 aromatic carbocycles. The standard InChI is InChI=1S/C16H18ClN3O4S2/c1-3-20(4-2)26(23,24)13-9-10(5-6-12(13)17)15(22)19-16-11(14(18)21)7-8-25-16/h5-9H,3-4H2,1-2H3,(H2,18,21)(H,19,22). The average Bonchev–Trinajstić information content (AvgIpc) is 3.04. The molecule has 3 N–H and O–H groups in total. The van der Waals surface area contributed by atoms with Gasteiger partial charge in [0.2, 0.25) is 10.0 Å². The van der Waals surface area contributed by atoms with Crippen molar-refractivity contribution in [3.63, 3.8) is 0 Å². The Kier molecular flexibility index (Phi) is 6.40. The lowest BCUT2D eigenvalue weighted by Gasteiger charge is -2.19. The molecule has 0 unspecified atom stereocenters. The van der Waals surface area contributed by atoms with Crippen LogP contribution in [0.5, 0.6) is 0 Å². The number of nitrogens with zero attached hydrogens (tertiary/aromatic N) is 1. The number of hydrogen-bond donors (Lipinski definition) is 2. The minimum absolute atomic E-state index is 0.0300. The molecular formula is C16H18ClN3O4S2. The van der Waals surface area contributed by atoms with E-state index in [1.807, 2.05) is 0 Å². The fourth-order valence-corrected chi connectivity index (χ4v) is 5.07. The van der Waals surface area contributed by atoms with Gasteiger partial charge in [-0.05, 0) is 29.6 Å². The molecule has 1 heterocycles. The highest BCUT2D eigenvalue weighted by atomic mass is 35.5. The number of benzene rings is 1. The highest BCUT2D eigenvalue weighted by Crippen LogP contribution is 2.27. The summed E-state index contributed by atoms with van der Waals surface area (Å²) in [5.41, 5.74) is 5.54. The molecule has 0 saturated heterocycles. The minimum Gasteiger partial charge on any atom is -0.366 e. The molecule has 1 aromatic heterocycles. The predicted octanol–water partition coefficient (Wildman–Crippen LogP) is 2.78. The van der Waals surface area contributed by atoms with Gasteiger partial charge in [0.25, 0.3) is 11.8 Å². The maximum absolute atomic E-state index is 12.7.